The van der Waals surface area contributed by atoms with Crippen LogP contribution < -0.4 is 0 Å². The number of hydrogen-bond donors (Lipinski definition) is 0. The quantitative estimate of drug-likeness (QED) is 0.590. The van der Waals surface area contributed by atoms with E-state index in [1.54, 1.807) is 0 Å². The molecule has 0 aromatic heterocycles. The van der Waals surface area contributed by atoms with Gasteiger partial charge in [0.1, 0.15) is 7.85 Å². The molecule has 3 saturated heterocycles. The zero-order chi connectivity index (χ0) is 15.3. The predicted molar refractivity (Wildman–Crippen MR) is 90.5 cm³/mol. The van der Waals surface area contributed by atoms with Crippen molar-refractivity contribution in [3.8, 4) is 0 Å². The summed E-state index contributed by atoms with van der Waals surface area (Å²) in [6, 6.07) is 0.915. The molecule has 6 heteroatoms. The van der Waals surface area contributed by atoms with Gasteiger partial charge in [0.15, 0.2) is 0 Å². The topological polar surface area (TPSA) is 30.9 Å². The van der Waals surface area contributed by atoms with Crippen molar-refractivity contribution in [2.24, 2.45) is 5.92 Å². The molecule has 0 bridgehead atoms. The lowest BCUT2D eigenvalue weighted by molar-refractivity contribution is 0.0275. The van der Waals surface area contributed by atoms with Gasteiger partial charge in [0.25, 0.3) is 8.53 Å². The fourth-order valence-electron chi connectivity index (χ4n) is 4.91. The summed E-state index contributed by atoms with van der Waals surface area (Å²) in [5.41, 5.74) is 0.123. The molecule has 0 radical (unpaired) electrons. The van der Waals surface area contributed by atoms with Gasteiger partial charge in [-0.05, 0) is 32.1 Å². The van der Waals surface area contributed by atoms with Crippen LogP contribution in [-0.4, -0.2) is 48.9 Å². The van der Waals surface area contributed by atoms with E-state index in [2.05, 4.69) is 26.4 Å². The van der Waals surface area contributed by atoms with Gasteiger partial charge in [0.05, 0.1) is 17.8 Å². The summed E-state index contributed by atoms with van der Waals surface area (Å²) in [6.07, 6.45) is 9.19. The first kappa shape index (κ1) is 15.8. The molecule has 1 spiro atoms. The van der Waals surface area contributed by atoms with Crippen LogP contribution in [0.15, 0.2) is 0 Å². The molecule has 1 saturated carbocycles. The van der Waals surface area contributed by atoms with Crippen molar-refractivity contribution < 1.29 is 13.8 Å². The molecule has 22 heavy (non-hydrogen) atoms. The average Bonchev–Trinajstić information content (AvgIpc) is 3.24. The summed E-state index contributed by atoms with van der Waals surface area (Å²) < 4.78 is 21.9. The van der Waals surface area contributed by atoms with E-state index in [0.29, 0.717) is 18.0 Å². The van der Waals surface area contributed by atoms with E-state index in [0.717, 1.165) is 13.0 Å². The van der Waals surface area contributed by atoms with E-state index >= 15 is 0 Å². The van der Waals surface area contributed by atoms with Gasteiger partial charge < -0.3 is 13.8 Å². The molecule has 6 atom stereocenters. The van der Waals surface area contributed by atoms with Gasteiger partial charge in [0.2, 0.25) is 0 Å². The largest absolute Gasteiger partial charge is 0.381 e. The minimum Gasteiger partial charge on any atom is -0.381 e. The molecule has 0 aromatic rings. The fraction of sp³-hybridized carbons (Fsp3) is 1.00. The fourth-order valence-corrected chi connectivity index (χ4v) is 7.19. The van der Waals surface area contributed by atoms with Crippen molar-refractivity contribution in [3.05, 3.63) is 0 Å². The van der Waals surface area contributed by atoms with Gasteiger partial charge in [0, 0.05) is 24.5 Å². The maximum absolute atomic E-state index is 6.63. The van der Waals surface area contributed by atoms with Crippen LogP contribution in [0, 0.1) is 5.92 Å². The first-order valence-electron chi connectivity index (χ1n) is 9.22. The number of nitrogens with zero attached hydrogens (tertiary/aromatic N) is 1. The molecule has 4 rings (SSSR count). The van der Waals surface area contributed by atoms with Crippen molar-refractivity contribution in [2.45, 2.75) is 88.6 Å². The molecule has 1 aliphatic carbocycles. The second-order valence-corrected chi connectivity index (χ2v) is 9.02. The second kappa shape index (κ2) is 6.00. The van der Waals surface area contributed by atoms with Crippen molar-refractivity contribution in [3.63, 3.8) is 0 Å². The minimum absolute atomic E-state index is 0.123. The lowest BCUT2D eigenvalue weighted by atomic mass is 9.86. The monoisotopic (exact) mass is 325 g/mol. The van der Waals surface area contributed by atoms with Gasteiger partial charge in [-0.25, -0.2) is 4.67 Å². The molecule has 1 unspecified atom stereocenters. The molecular weight excluding hydrogens is 296 g/mol. The van der Waals surface area contributed by atoms with Crippen LogP contribution >= 0.6 is 8.53 Å². The molecule has 3 aliphatic heterocycles. The zero-order valence-corrected chi connectivity index (χ0v) is 15.1. The van der Waals surface area contributed by atoms with Gasteiger partial charge in [-0.15, -0.1) is 0 Å². The average molecular weight is 325 g/mol. The Bertz CT molecular complexity index is 420. The van der Waals surface area contributed by atoms with Crippen LogP contribution in [0.2, 0.25) is 0 Å². The Morgan fingerprint density at radius 1 is 1.32 bits per heavy atom. The van der Waals surface area contributed by atoms with E-state index in [4.69, 9.17) is 13.8 Å². The maximum Gasteiger partial charge on any atom is 0.260 e. The van der Waals surface area contributed by atoms with Gasteiger partial charge >= 0.3 is 0 Å². The Hall–Kier alpha value is 0.335. The molecule has 0 N–H and O–H groups in total. The van der Waals surface area contributed by atoms with E-state index in [1.807, 2.05) is 0 Å². The summed E-state index contributed by atoms with van der Waals surface area (Å²) in [4.78, 5) is 0. The third-order valence-corrected chi connectivity index (χ3v) is 8.22. The van der Waals surface area contributed by atoms with Gasteiger partial charge in [-0.3, -0.25) is 0 Å². The highest BCUT2D eigenvalue weighted by molar-refractivity contribution is 7.45. The summed E-state index contributed by atoms with van der Waals surface area (Å²) >= 11 is 0. The highest BCUT2D eigenvalue weighted by Gasteiger charge is 2.58. The minimum atomic E-state index is -0.881. The Labute approximate surface area is 136 Å². The second-order valence-electron chi connectivity index (χ2n) is 7.64. The molecule has 4 fully saturated rings. The number of hydrogen-bond acceptors (Lipinski definition) is 4. The van der Waals surface area contributed by atoms with Crippen LogP contribution in [0.5, 0.6) is 0 Å². The number of ether oxygens (including phenoxy) is 1. The van der Waals surface area contributed by atoms with Gasteiger partial charge in [-0.2, -0.15) is 0 Å². The third kappa shape index (κ3) is 2.40. The Kier molecular flexibility index (Phi) is 4.32. The van der Waals surface area contributed by atoms with Crippen molar-refractivity contribution >= 4 is 16.4 Å². The van der Waals surface area contributed by atoms with Crippen LogP contribution in [-0.2, 0) is 13.8 Å². The molecule has 124 valence electrons. The molecule has 4 nitrogen and oxygen atoms in total. The molecular formula is C16H29BNO3P. The predicted octanol–water partition coefficient (Wildman–Crippen LogP) is 2.81. The lowest BCUT2D eigenvalue weighted by Gasteiger charge is -2.28. The van der Waals surface area contributed by atoms with Crippen LogP contribution in [0.4, 0.5) is 0 Å². The summed E-state index contributed by atoms with van der Waals surface area (Å²) in [5, 5.41) is 0. The lowest BCUT2D eigenvalue weighted by Crippen LogP contribution is -2.39. The maximum atomic E-state index is 6.63. The Balaban J connectivity index is 1.51. The molecule has 3 heterocycles. The standard InChI is InChI=1S/C16H29BNO3P/c1-3-12-14(11(2)15(17)19-12)20-22-18-10-6-7-13(18)16(21-22)8-4-5-9-16/h11-15H,3-10,17H2,1-2H3/t11?,12-,13+,14-,15-,22+/m1/s1. The SMILES string of the molecule is B[C@@H]1O[C@H](CC)[C@H](O[P@@]2OC3(CCCC3)[C@@H]3CCCN32)C1C. The van der Waals surface area contributed by atoms with Gasteiger partial charge in [-0.1, -0.05) is 26.7 Å². The Morgan fingerprint density at radius 2 is 2.09 bits per heavy atom. The van der Waals surface area contributed by atoms with Crippen LogP contribution in [0.3, 0.4) is 0 Å². The smallest absolute Gasteiger partial charge is 0.260 e. The normalized spacial score (nSPS) is 47.5. The highest BCUT2D eigenvalue weighted by Crippen LogP contribution is 2.64. The third-order valence-electron chi connectivity index (χ3n) is 6.38. The van der Waals surface area contributed by atoms with E-state index in [-0.39, 0.29) is 17.8 Å². The first-order chi connectivity index (χ1) is 10.6. The number of fused-ring (bicyclic) bond motifs is 2. The molecule has 4 aliphatic rings. The summed E-state index contributed by atoms with van der Waals surface area (Å²) in [5.74, 6) is 0.456. The zero-order valence-electron chi connectivity index (χ0n) is 14.2. The van der Waals surface area contributed by atoms with E-state index in [9.17, 15) is 0 Å². The van der Waals surface area contributed by atoms with Crippen LogP contribution in [0.25, 0.3) is 0 Å². The highest BCUT2D eigenvalue weighted by atomic mass is 31.2. The number of rotatable bonds is 3. The summed E-state index contributed by atoms with van der Waals surface area (Å²) in [6.45, 7) is 5.63. The summed E-state index contributed by atoms with van der Waals surface area (Å²) in [7, 11) is 1.30. The molecule has 0 amide bonds. The van der Waals surface area contributed by atoms with E-state index in [1.165, 1.54) is 38.5 Å². The van der Waals surface area contributed by atoms with Crippen molar-refractivity contribution in [1.29, 1.82) is 0 Å². The van der Waals surface area contributed by atoms with Crippen molar-refractivity contribution in [2.75, 3.05) is 6.54 Å². The Morgan fingerprint density at radius 3 is 2.82 bits per heavy atom. The van der Waals surface area contributed by atoms with Crippen molar-refractivity contribution in [1.82, 2.24) is 4.67 Å². The van der Waals surface area contributed by atoms with Crippen LogP contribution in [0.1, 0.15) is 58.8 Å². The van der Waals surface area contributed by atoms with E-state index < -0.39 is 8.53 Å². The first-order valence-corrected chi connectivity index (χ1v) is 10.4. The molecule has 0 aromatic carbocycles.